The zero-order chi connectivity index (χ0) is 15.9. The Morgan fingerprint density at radius 1 is 1.23 bits per heavy atom. The Balaban J connectivity index is 2.13. The van der Waals surface area contributed by atoms with Gasteiger partial charge in [-0.2, -0.15) is 5.10 Å². The van der Waals surface area contributed by atoms with E-state index in [1.807, 2.05) is 12.2 Å². The Morgan fingerprint density at radius 2 is 1.91 bits per heavy atom. The van der Waals surface area contributed by atoms with Crippen LogP contribution in [0.25, 0.3) is 11.8 Å². The number of rotatable bonds is 3. The Kier molecular flexibility index (Phi) is 3.34. The van der Waals surface area contributed by atoms with Gasteiger partial charge < -0.3 is 5.73 Å². The number of benzene rings is 1. The third-order valence-corrected chi connectivity index (χ3v) is 4.43. The lowest BCUT2D eigenvalue weighted by molar-refractivity contribution is 0.0994. The van der Waals surface area contributed by atoms with Crippen LogP contribution in [0, 0.1) is 0 Å². The van der Waals surface area contributed by atoms with Crippen LogP contribution < -0.4 is 10.9 Å². The summed E-state index contributed by atoms with van der Waals surface area (Å²) < 4.78 is 24.2. The average Bonchev–Trinajstić information content (AvgIpc) is 2.86. The largest absolute Gasteiger partial charge is 0.364 e. The fourth-order valence-corrected chi connectivity index (χ4v) is 2.99. The predicted octanol–water partition coefficient (Wildman–Crippen LogP) is 0.578. The topological polar surface area (TPSA) is 121 Å². The number of sulfonamides is 1. The summed E-state index contributed by atoms with van der Waals surface area (Å²) in [7, 11) is -3.75. The quantitative estimate of drug-likeness (QED) is 0.859. The summed E-state index contributed by atoms with van der Waals surface area (Å²) in [5.41, 5.74) is 7.84. The minimum absolute atomic E-state index is 0.0166. The van der Waals surface area contributed by atoms with Gasteiger partial charge in [-0.05, 0) is 43.2 Å². The first-order valence-electron chi connectivity index (χ1n) is 6.59. The highest BCUT2D eigenvalue weighted by Gasteiger charge is 2.22. The Morgan fingerprint density at radius 3 is 2.50 bits per heavy atom. The molecule has 1 amide bonds. The molecule has 1 aliphatic rings. The Hall–Kier alpha value is -2.45. The highest BCUT2D eigenvalue weighted by Crippen LogP contribution is 2.25. The van der Waals surface area contributed by atoms with Crippen LogP contribution >= 0.6 is 0 Å². The van der Waals surface area contributed by atoms with E-state index >= 15 is 0 Å². The monoisotopic (exact) mass is 318 g/mol. The van der Waals surface area contributed by atoms with Crippen LogP contribution in [-0.4, -0.2) is 24.1 Å². The standard InChI is InChI=1S/C14H14N4O3S/c15-14(19)13-11-3-1-2-4-12(11)18(17-13)9-5-7-10(8-6-9)22(16,20)21/h2,4-8H,1,3H2,(H2,15,19)(H2,16,20,21). The molecule has 0 aliphatic heterocycles. The summed E-state index contributed by atoms with van der Waals surface area (Å²) >= 11 is 0. The second kappa shape index (κ2) is 5.08. The Bertz CT molecular complexity index is 880. The van der Waals surface area contributed by atoms with Crippen LogP contribution in [0.3, 0.4) is 0 Å². The van der Waals surface area contributed by atoms with E-state index in [4.69, 9.17) is 10.9 Å². The van der Waals surface area contributed by atoms with E-state index in [9.17, 15) is 13.2 Å². The maximum Gasteiger partial charge on any atom is 0.269 e. The molecule has 0 saturated carbocycles. The van der Waals surface area contributed by atoms with E-state index in [0.29, 0.717) is 12.1 Å². The van der Waals surface area contributed by atoms with Crippen molar-refractivity contribution in [1.29, 1.82) is 0 Å². The van der Waals surface area contributed by atoms with Gasteiger partial charge in [-0.15, -0.1) is 0 Å². The lowest BCUT2D eigenvalue weighted by Crippen LogP contribution is -2.14. The van der Waals surface area contributed by atoms with Crippen LogP contribution in [0.1, 0.15) is 28.2 Å². The highest BCUT2D eigenvalue weighted by molar-refractivity contribution is 7.89. The number of primary sulfonamides is 1. The van der Waals surface area contributed by atoms with Crippen LogP contribution in [0.4, 0.5) is 0 Å². The summed E-state index contributed by atoms with van der Waals surface area (Å²) in [4.78, 5) is 11.5. The van der Waals surface area contributed by atoms with E-state index in [1.165, 1.54) is 12.1 Å². The number of primary amides is 1. The number of carbonyl (C=O) groups is 1. The molecule has 114 valence electrons. The Labute approximate surface area is 127 Å². The lowest BCUT2D eigenvalue weighted by Gasteiger charge is -2.09. The summed E-state index contributed by atoms with van der Waals surface area (Å²) in [6, 6.07) is 5.96. The average molecular weight is 318 g/mol. The van der Waals surface area contributed by atoms with Gasteiger partial charge in [-0.1, -0.05) is 6.08 Å². The molecule has 8 heteroatoms. The molecule has 0 atom stereocenters. The van der Waals surface area contributed by atoms with Crippen molar-refractivity contribution in [1.82, 2.24) is 9.78 Å². The number of fused-ring (bicyclic) bond motifs is 1. The molecular weight excluding hydrogens is 304 g/mol. The fourth-order valence-electron chi connectivity index (χ4n) is 2.48. The van der Waals surface area contributed by atoms with Gasteiger partial charge in [-0.25, -0.2) is 18.2 Å². The van der Waals surface area contributed by atoms with Gasteiger partial charge >= 0.3 is 0 Å². The first-order valence-corrected chi connectivity index (χ1v) is 8.14. The van der Waals surface area contributed by atoms with Crippen molar-refractivity contribution >= 4 is 22.0 Å². The van der Waals surface area contributed by atoms with E-state index in [1.54, 1.807) is 16.8 Å². The van der Waals surface area contributed by atoms with E-state index in [0.717, 1.165) is 17.7 Å². The number of amides is 1. The lowest BCUT2D eigenvalue weighted by atomic mass is 10.0. The number of hydrogen-bond acceptors (Lipinski definition) is 4. The van der Waals surface area contributed by atoms with Crippen molar-refractivity contribution in [3.63, 3.8) is 0 Å². The molecule has 0 unspecified atom stereocenters. The molecule has 22 heavy (non-hydrogen) atoms. The number of allylic oxidation sites excluding steroid dienone is 1. The molecule has 0 saturated heterocycles. The molecule has 1 aromatic carbocycles. The molecule has 0 radical (unpaired) electrons. The van der Waals surface area contributed by atoms with Crippen molar-refractivity contribution in [2.24, 2.45) is 10.9 Å². The fraction of sp³-hybridized carbons (Fsp3) is 0.143. The number of carbonyl (C=O) groups excluding carboxylic acids is 1. The summed E-state index contributed by atoms with van der Waals surface area (Å²) in [5.74, 6) is -0.577. The molecule has 1 heterocycles. The SMILES string of the molecule is NC(=O)c1nn(-c2ccc(S(N)(=O)=O)cc2)c2c1CCC=C2. The molecule has 2 aromatic rings. The summed E-state index contributed by atoms with van der Waals surface area (Å²) in [5, 5.41) is 9.34. The van der Waals surface area contributed by atoms with E-state index in [2.05, 4.69) is 5.10 Å². The third-order valence-electron chi connectivity index (χ3n) is 3.50. The van der Waals surface area contributed by atoms with Gasteiger partial charge in [-0.3, -0.25) is 4.79 Å². The van der Waals surface area contributed by atoms with E-state index in [-0.39, 0.29) is 10.6 Å². The predicted molar refractivity (Wildman–Crippen MR) is 80.8 cm³/mol. The molecule has 1 aromatic heterocycles. The molecule has 1 aliphatic carbocycles. The van der Waals surface area contributed by atoms with Crippen LogP contribution in [0.15, 0.2) is 35.2 Å². The molecule has 0 spiro atoms. The number of aromatic nitrogens is 2. The maximum atomic E-state index is 11.5. The minimum atomic E-state index is -3.75. The molecule has 3 rings (SSSR count). The second-order valence-corrected chi connectivity index (χ2v) is 6.53. The maximum absolute atomic E-state index is 11.5. The van der Waals surface area contributed by atoms with Gasteiger partial charge in [0.05, 0.1) is 16.3 Å². The minimum Gasteiger partial charge on any atom is -0.364 e. The van der Waals surface area contributed by atoms with Gasteiger partial charge in [0, 0.05) is 5.56 Å². The molecule has 4 N–H and O–H groups in total. The molecule has 7 nitrogen and oxygen atoms in total. The highest BCUT2D eigenvalue weighted by atomic mass is 32.2. The number of hydrogen-bond donors (Lipinski definition) is 2. The first kappa shape index (κ1) is 14.5. The zero-order valence-corrected chi connectivity index (χ0v) is 12.4. The van der Waals surface area contributed by atoms with Gasteiger partial charge in [0.2, 0.25) is 10.0 Å². The van der Waals surface area contributed by atoms with Gasteiger partial charge in [0.15, 0.2) is 5.69 Å². The molecule has 0 bridgehead atoms. The number of nitrogens with zero attached hydrogens (tertiary/aromatic N) is 2. The van der Waals surface area contributed by atoms with Crippen molar-refractivity contribution in [3.05, 3.63) is 47.3 Å². The normalized spacial score (nSPS) is 13.9. The molecule has 0 fully saturated rings. The smallest absolute Gasteiger partial charge is 0.269 e. The van der Waals surface area contributed by atoms with Gasteiger partial charge in [0.1, 0.15) is 0 Å². The van der Waals surface area contributed by atoms with E-state index < -0.39 is 15.9 Å². The first-order chi connectivity index (χ1) is 10.4. The number of nitrogens with two attached hydrogens (primary N) is 2. The van der Waals surface area contributed by atoms with Crippen LogP contribution in [-0.2, 0) is 16.4 Å². The van der Waals surface area contributed by atoms with Crippen LogP contribution in [0.5, 0.6) is 0 Å². The van der Waals surface area contributed by atoms with Crippen molar-refractivity contribution in [2.75, 3.05) is 0 Å². The third kappa shape index (κ3) is 2.42. The van der Waals surface area contributed by atoms with Crippen molar-refractivity contribution < 1.29 is 13.2 Å². The second-order valence-electron chi connectivity index (χ2n) is 4.97. The van der Waals surface area contributed by atoms with Crippen molar-refractivity contribution in [3.8, 4) is 5.69 Å². The summed E-state index contributed by atoms with van der Waals surface area (Å²) in [6.45, 7) is 0. The zero-order valence-electron chi connectivity index (χ0n) is 11.6. The molecular formula is C14H14N4O3S. The van der Waals surface area contributed by atoms with Gasteiger partial charge in [0.25, 0.3) is 5.91 Å². The van der Waals surface area contributed by atoms with Crippen LogP contribution in [0.2, 0.25) is 0 Å². The van der Waals surface area contributed by atoms with Crippen molar-refractivity contribution in [2.45, 2.75) is 17.7 Å². The summed E-state index contributed by atoms with van der Waals surface area (Å²) in [6.07, 6.45) is 5.39.